The Morgan fingerprint density at radius 3 is 2.45 bits per heavy atom. The van der Waals surface area contributed by atoms with Gasteiger partial charge < -0.3 is 14.8 Å². The fourth-order valence-electron chi connectivity index (χ4n) is 3.34. The van der Waals surface area contributed by atoms with Gasteiger partial charge in [0.25, 0.3) is 0 Å². The first kappa shape index (κ1) is 16.3. The van der Waals surface area contributed by atoms with E-state index in [0.29, 0.717) is 24.2 Å². The fourth-order valence-corrected chi connectivity index (χ4v) is 3.34. The van der Waals surface area contributed by atoms with E-state index in [9.17, 15) is 0 Å². The third-order valence-electron chi connectivity index (χ3n) is 4.96. The van der Waals surface area contributed by atoms with Crippen molar-refractivity contribution < 1.29 is 9.47 Å². The van der Waals surface area contributed by atoms with Gasteiger partial charge in [-0.15, -0.1) is 0 Å². The minimum Gasteiger partial charge on any atom is -0.377 e. The van der Waals surface area contributed by atoms with Crippen LogP contribution in [0.2, 0.25) is 0 Å². The molecule has 2 aliphatic rings. The highest BCUT2D eigenvalue weighted by Gasteiger charge is 2.48. The van der Waals surface area contributed by atoms with Crippen molar-refractivity contribution in [2.24, 2.45) is 11.3 Å². The summed E-state index contributed by atoms with van der Waals surface area (Å²) in [5, 5.41) is 3.65. The molecule has 0 heterocycles. The van der Waals surface area contributed by atoms with E-state index in [-0.39, 0.29) is 5.41 Å². The van der Waals surface area contributed by atoms with Crippen LogP contribution < -0.4 is 5.32 Å². The van der Waals surface area contributed by atoms with Crippen LogP contribution in [0, 0.1) is 11.3 Å². The first-order chi connectivity index (χ1) is 9.50. The van der Waals surface area contributed by atoms with E-state index in [1.807, 2.05) is 0 Å². The van der Waals surface area contributed by atoms with Gasteiger partial charge in [-0.1, -0.05) is 40.5 Å². The number of rotatable bonds is 8. The molecular weight excluding hydrogens is 250 g/mol. The summed E-state index contributed by atoms with van der Waals surface area (Å²) in [6, 6.07) is 0.576. The Morgan fingerprint density at radius 1 is 1.15 bits per heavy atom. The Bertz CT molecular complexity index is 285. The second-order valence-corrected chi connectivity index (χ2v) is 7.56. The lowest BCUT2D eigenvalue weighted by Gasteiger charge is -2.52. The summed E-state index contributed by atoms with van der Waals surface area (Å²) < 4.78 is 11.9. The quantitative estimate of drug-likeness (QED) is 0.693. The Labute approximate surface area is 124 Å². The molecule has 0 radical (unpaired) electrons. The Hall–Kier alpha value is -0.120. The third-order valence-corrected chi connectivity index (χ3v) is 4.96. The maximum absolute atomic E-state index is 6.00. The van der Waals surface area contributed by atoms with Crippen LogP contribution in [0.25, 0.3) is 0 Å². The molecule has 118 valence electrons. The second-order valence-electron chi connectivity index (χ2n) is 7.56. The molecule has 2 atom stereocenters. The number of hydrogen-bond donors (Lipinski definition) is 1. The Morgan fingerprint density at radius 2 is 1.85 bits per heavy atom. The summed E-state index contributed by atoms with van der Waals surface area (Å²) in [5.41, 5.74) is 0.252. The van der Waals surface area contributed by atoms with E-state index in [0.717, 1.165) is 26.2 Å². The van der Waals surface area contributed by atoms with Crippen LogP contribution in [-0.2, 0) is 9.47 Å². The zero-order chi connectivity index (χ0) is 14.6. The minimum absolute atomic E-state index is 0.252. The van der Waals surface area contributed by atoms with Gasteiger partial charge in [-0.25, -0.2) is 0 Å². The normalized spacial score (nSPS) is 29.9. The van der Waals surface area contributed by atoms with Crippen LogP contribution in [0.3, 0.4) is 0 Å². The summed E-state index contributed by atoms with van der Waals surface area (Å²) in [5.74, 6) is 0.623. The summed E-state index contributed by atoms with van der Waals surface area (Å²) in [6.07, 6.45) is 7.32. The second kappa shape index (κ2) is 7.24. The van der Waals surface area contributed by atoms with Crippen molar-refractivity contribution in [3.8, 4) is 0 Å². The zero-order valence-corrected chi connectivity index (χ0v) is 13.8. The van der Waals surface area contributed by atoms with E-state index in [1.165, 1.54) is 25.7 Å². The van der Waals surface area contributed by atoms with E-state index in [4.69, 9.17) is 9.47 Å². The van der Waals surface area contributed by atoms with Gasteiger partial charge in [0.1, 0.15) is 0 Å². The fraction of sp³-hybridized carbons (Fsp3) is 1.00. The van der Waals surface area contributed by atoms with Crippen LogP contribution in [-0.4, -0.2) is 38.0 Å². The molecular formula is C17H33NO2. The van der Waals surface area contributed by atoms with Gasteiger partial charge in [0, 0.05) is 24.6 Å². The SMILES string of the molecule is CC(C)COC1CC(NCCOC2CCCC2)C1(C)C. The molecule has 2 aliphatic carbocycles. The smallest absolute Gasteiger partial charge is 0.0656 e. The predicted octanol–water partition coefficient (Wildman–Crippen LogP) is 3.37. The molecule has 2 unspecified atom stereocenters. The van der Waals surface area contributed by atoms with Crippen molar-refractivity contribution in [2.75, 3.05) is 19.8 Å². The van der Waals surface area contributed by atoms with Crippen LogP contribution in [0.5, 0.6) is 0 Å². The van der Waals surface area contributed by atoms with Crippen molar-refractivity contribution in [2.45, 2.75) is 78.0 Å². The lowest BCUT2D eigenvalue weighted by Crippen LogP contribution is -2.61. The highest BCUT2D eigenvalue weighted by atomic mass is 16.5. The average Bonchev–Trinajstić information content (AvgIpc) is 2.88. The number of nitrogens with one attached hydrogen (secondary N) is 1. The third kappa shape index (κ3) is 4.19. The topological polar surface area (TPSA) is 30.5 Å². The van der Waals surface area contributed by atoms with Crippen LogP contribution in [0.1, 0.15) is 59.8 Å². The highest BCUT2D eigenvalue weighted by molar-refractivity contribution is 5.02. The molecule has 0 aromatic rings. The molecule has 0 bridgehead atoms. The molecule has 3 nitrogen and oxygen atoms in total. The predicted molar refractivity (Wildman–Crippen MR) is 83.0 cm³/mol. The summed E-state index contributed by atoms with van der Waals surface area (Å²) in [4.78, 5) is 0. The van der Waals surface area contributed by atoms with Gasteiger partial charge in [-0.05, 0) is 25.2 Å². The van der Waals surface area contributed by atoms with Crippen LogP contribution >= 0.6 is 0 Å². The molecule has 0 aromatic heterocycles. The molecule has 20 heavy (non-hydrogen) atoms. The average molecular weight is 283 g/mol. The molecule has 3 heteroatoms. The molecule has 0 spiro atoms. The van der Waals surface area contributed by atoms with Gasteiger partial charge in [0.15, 0.2) is 0 Å². The molecule has 2 fully saturated rings. The minimum atomic E-state index is 0.252. The largest absolute Gasteiger partial charge is 0.377 e. The standard InChI is InChI=1S/C17H33NO2/c1-13(2)12-20-16-11-15(17(16,3)4)18-9-10-19-14-7-5-6-8-14/h13-16,18H,5-12H2,1-4H3. The van der Waals surface area contributed by atoms with Crippen molar-refractivity contribution in [1.29, 1.82) is 0 Å². The molecule has 2 saturated carbocycles. The van der Waals surface area contributed by atoms with Crippen molar-refractivity contribution in [3.63, 3.8) is 0 Å². The van der Waals surface area contributed by atoms with Gasteiger partial charge in [-0.2, -0.15) is 0 Å². The van der Waals surface area contributed by atoms with Crippen molar-refractivity contribution in [3.05, 3.63) is 0 Å². The van der Waals surface area contributed by atoms with Crippen LogP contribution in [0.4, 0.5) is 0 Å². The summed E-state index contributed by atoms with van der Waals surface area (Å²) >= 11 is 0. The number of hydrogen-bond acceptors (Lipinski definition) is 3. The Kier molecular flexibility index (Phi) is 5.88. The molecule has 0 saturated heterocycles. The highest BCUT2D eigenvalue weighted by Crippen LogP contribution is 2.42. The molecule has 1 N–H and O–H groups in total. The monoisotopic (exact) mass is 283 g/mol. The Balaban J connectivity index is 1.57. The molecule has 0 aliphatic heterocycles. The molecule has 2 rings (SSSR count). The lowest BCUT2D eigenvalue weighted by molar-refractivity contribution is -0.124. The van der Waals surface area contributed by atoms with E-state index in [2.05, 4.69) is 33.0 Å². The summed E-state index contributed by atoms with van der Waals surface area (Å²) in [7, 11) is 0. The molecule has 0 amide bonds. The van der Waals surface area contributed by atoms with Crippen LogP contribution in [0.15, 0.2) is 0 Å². The lowest BCUT2D eigenvalue weighted by atomic mass is 9.64. The van der Waals surface area contributed by atoms with Gasteiger partial charge in [0.05, 0.1) is 18.8 Å². The molecule has 0 aromatic carbocycles. The van der Waals surface area contributed by atoms with E-state index < -0.39 is 0 Å². The van der Waals surface area contributed by atoms with Crippen molar-refractivity contribution in [1.82, 2.24) is 5.32 Å². The van der Waals surface area contributed by atoms with Gasteiger partial charge in [0.2, 0.25) is 0 Å². The number of ether oxygens (including phenoxy) is 2. The van der Waals surface area contributed by atoms with Gasteiger partial charge in [-0.3, -0.25) is 0 Å². The van der Waals surface area contributed by atoms with E-state index >= 15 is 0 Å². The maximum Gasteiger partial charge on any atom is 0.0656 e. The summed E-state index contributed by atoms with van der Waals surface area (Å²) in [6.45, 7) is 11.8. The van der Waals surface area contributed by atoms with E-state index in [1.54, 1.807) is 0 Å². The van der Waals surface area contributed by atoms with Crippen molar-refractivity contribution >= 4 is 0 Å². The first-order valence-electron chi connectivity index (χ1n) is 8.46. The van der Waals surface area contributed by atoms with Gasteiger partial charge >= 0.3 is 0 Å². The first-order valence-corrected chi connectivity index (χ1v) is 8.46. The maximum atomic E-state index is 6.00. The zero-order valence-electron chi connectivity index (χ0n) is 13.8.